The van der Waals surface area contributed by atoms with Gasteiger partial charge in [0.1, 0.15) is 5.82 Å². The Kier molecular flexibility index (Phi) is 4.54. The van der Waals surface area contributed by atoms with E-state index in [0.717, 1.165) is 17.0 Å². The number of benzene rings is 1. The van der Waals surface area contributed by atoms with E-state index in [1.165, 1.54) is 6.07 Å². The molecule has 2 rings (SSSR count). The number of aromatic amines is 1. The van der Waals surface area contributed by atoms with Crippen molar-refractivity contribution >= 4 is 21.8 Å². The highest BCUT2D eigenvalue weighted by atomic mass is 79.9. The predicted molar refractivity (Wildman–Crippen MR) is 77.7 cm³/mol. The minimum absolute atomic E-state index is 0.153. The second-order valence-electron chi connectivity index (χ2n) is 4.60. The fourth-order valence-corrected chi connectivity index (χ4v) is 2.25. The van der Waals surface area contributed by atoms with Crippen molar-refractivity contribution in [3.63, 3.8) is 0 Å². The lowest BCUT2D eigenvalue weighted by Crippen LogP contribution is -2.25. The number of hydrogen-bond donors (Lipinski definition) is 2. The largest absolute Gasteiger partial charge is 0.352 e. The standard InChI is InChI=1S/C14H15BrFN3O/c1-8-12(9(2)19-18-8)6-14(20)17-7-10-3-4-11(15)5-13(10)16/h3-5H,6-7H2,1-2H3,(H,17,20)(H,18,19). The van der Waals surface area contributed by atoms with Crippen LogP contribution in [-0.4, -0.2) is 16.1 Å². The smallest absolute Gasteiger partial charge is 0.224 e. The van der Waals surface area contributed by atoms with Crippen molar-refractivity contribution in [3.8, 4) is 0 Å². The number of rotatable bonds is 4. The van der Waals surface area contributed by atoms with Gasteiger partial charge in [0, 0.05) is 27.8 Å². The summed E-state index contributed by atoms with van der Waals surface area (Å²) in [5.41, 5.74) is 3.04. The normalized spacial score (nSPS) is 10.6. The van der Waals surface area contributed by atoms with Gasteiger partial charge in [-0.1, -0.05) is 22.0 Å². The van der Waals surface area contributed by atoms with Gasteiger partial charge in [0.2, 0.25) is 5.91 Å². The first-order valence-electron chi connectivity index (χ1n) is 6.18. The first-order valence-corrected chi connectivity index (χ1v) is 6.97. The summed E-state index contributed by atoms with van der Waals surface area (Å²) in [7, 11) is 0. The fraction of sp³-hybridized carbons (Fsp3) is 0.286. The molecule has 0 saturated heterocycles. The van der Waals surface area contributed by atoms with Gasteiger partial charge in [-0.05, 0) is 26.0 Å². The van der Waals surface area contributed by atoms with E-state index in [0.29, 0.717) is 10.0 Å². The highest BCUT2D eigenvalue weighted by Gasteiger charge is 2.12. The van der Waals surface area contributed by atoms with E-state index in [9.17, 15) is 9.18 Å². The molecule has 1 amide bonds. The predicted octanol–water partition coefficient (Wildman–Crippen LogP) is 2.79. The zero-order valence-electron chi connectivity index (χ0n) is 11.3. The molecule has 0 atom stereocenters. The van der Waals surface area contributed by atoms with Crippen LogP contribution in [0.1, 0.15) is 22.5 Å². The third kappa shape index (κ3) is 3.45. The van der Waals surface area contributed by atoms with Crippen LogP contribution in [-0.2, 0) is 17.8 Å². The zero-order valence-corrected chi connectivity index (χ0v) is 12.8. The highest BCUT2D eigenvalue weighted by molar-refractivity contribution is 9.10. The molecule has 1 aromatic carbocycles. The van der Waals surface area contributed by atoms with Gasteiger partial charge in [-0.15, -0.1) is 0 Å². The Morgan fingerprint density at radius 2 is 2.20 bits per heavy atom. The van der Waals surface area contributed by atoms with Gasteiger partial charge in [-0.3, -0.25) is 9.89 Å². The van der Waals surface area contributed by atoms with Crippen molar-refractivity contribution in [3.05, 3.63) is 51.0 Å². The van der Waals surface area contributed by atoms with Crippen LogP contribution in [0.15, 0.2) is 22.7 Å². The van der Waals surface area contributed by atoms with Gasteiger partial charge in [0.05, 0.1) is 12.1 Å². The van der Waals surface area contributed by atoms with Crippen molar-refractivity contribution in [1.29, 1.82) is 0 Å². The second kappa shape index (κ2) is 6.17. The third-order valence-electron chi connectivity index (χ3n) is 3.11. The van der Waals surface area contributed by atoms with Crippen molar-refractivity contribution in [1.82, 2.24) is 15.5 Å². The van der Waals surface area contributed by atoms with Crippen LogP contribution in [0.2, 0.25) is 0 Å². The quantitative estimate of drug-likeness (QED) is 0.899. The molecule has 0 radical (unpaired) electrons. The molecule has 0 fully saturated rings. The number of halogens is 2. The second-order valence-corrected chi connectivity index (χ2v) is 5.52. The zero-order chi connectivity index (χ0) is 14.7. The van der Waals surface area contributed by atoms with Gasteiger partial charge in [-0.25, -0.2) is 4.39 Å². The summed E-state index contributed by atoms with van der Waals surface area (Å²) < 4.78 is 14.3. The molecule has 0 aliphatic carbocycles. The molecular weight excluding hydrogens is 325 g/mol. The SMILES string of the molecule is Cc1n[nH]c(C)c1CC(=O)NCc1ccc(Br)cc1F. The van der Waals surface area contributed by atoms with Crippen LogP contribution in [0, 0.1) is 19.7 Å². The lowest BCUT2D eigenvalue weighted by Gasteiger charge is -2.07. The maximum absolute atomic E-state index is 13.6. The van der Waals surface area contributed by atoms with Gasteiger partial charge < -0.3 is 5.32 Å². The molecule has 0 bridgehead atoms. The summed E-state index contributed by atoms with van der Waals surface area (Å²) >= 11 is 3.19. The van der Waals surface area contributed by atoms with Gasteiger partial charge >= 0.3 is 0 Å². The lowest BCUT2D eigenvalue weighted by molar-refractivity contribution is -0.120. The molecule has 4 nitrogen and oxygen atoms in total. The number of carbonyl (C=O) groups is 1. The summed E-state index contributed by atoms with van der Waals surface area (Å²) in [6.45, 7) is 3.89. The minimum Gasteiger partial charge on any atom is -0.352 e. The van der Waals surface area contributed by atoms with E-state index in [4.69, 9.17) is 0 Å². The van der Waals surface area contributed by atoms with Crippen LogP contribution in [0.4, 0.5) is 4.39 Å². The Morgan fingerprint density at radius 3 is 2.80 bits per heavy atom. The number of nitrogens with one attached hydrogen (secondary N) is 2. The van der Waals surface area contributed by atoms with Crippen LogP contribution in [0.25, 0.3) is 0 Å². The Hall–Kier alpha value is -1.69. The number of nitrogens with zero attached hydrogens (tertiary/aromatic N) is 1. The first-order chi connectivity index (χ1) is 9.47. The monoisotopic (exact) mass is 339 g/mol. The highest BCUT2D eigenvalue weighted by Crippen LogP contribution is 2.15. The number of H-pyrrole nitrogens is 1. The summed E-state index contributed by atoms with van der Waals surface area (Å²) in [6.07, 6.45) is 0.242. The number of hydrogen-bond acceptors (Lipinski definition) is 2. The van der Waals surface area contributed by atoms with Gasteiger partial charge in [0.15, 0.2) is 0 Å². The molecule has 0 aliphatic heterocycles. The van der Waals surface area contributed by atoms with E-state index < -0.39 is 0 Å². The molecule has 2 N–H and O–H groups in total. The number of carbonyl (C=O) groups excluding carboxylic acids is 1. The van der Waals surface area contributed by atoms with Gasteiger partial charge in [0.25, 0.3) is 0 Å². The fourth-order valence-electron chi connectivity index (χ4n) is 1.92. The van der Waals surface area contributed by atoms with E-state index in [1.807, 2.05) is 13.8 Å². The van der Waals surface area contributed by atoms with Crippen LogP contribution in [0.3, 0.4) is 0 Å². The Morgan fingerprint density at radius 1 is 1.45 bits per heavy atom. The number of amides is 1. The number of aromatic nitrogens is 2. The molecule has 1 heterocycles. The van der Waals surface area contributed by atoms with Crippen molar-refractivity contribution in [2.24, 2.45) is 0 Å². The molecule has 0 aliphatic rings. The Labute approximate surface area is 124 Å². The maximum Gasteiger partial charge on any atom is 0.224 e. The first kappa shape index (κ1) is 14.7. The van der Waals surface area contributed by atoms with E-state index >= 15 is 0 Å². The van der Waals surface area contributed by atoms with Gasteiger partial charge in [-0.2, -0.15) is 5.10 Å². The molecule has 1 aromatic heterocycles. The Balaban J connectivity index is 1.96. The van der Waals surface area contributed by atoms with E-state index in [-0.39, 0.29) is 24.7 Å². The molecule has 6 heteroatoms. The maximum atomic E-state index is 13.6. The average molecular weight is 340 g/mol. The summed E-state index contributed by atoms with van der Waals surface area (Å²) in [4.78, 5) is 11.9. The molecule has 20 heavy (non-hydrogen) atoms. The van der Waals surface area contributed by atoms with Crippen molar-refractivity contribution in [2.45, 2.75) is 26.8 Å². The minimum atomic E-state index is -0.338. The van der Waals surface area contributed by atoms with E-state index in [2.05, 4.69) is 31.4 Å². The molecule has 106 valence electrons. The molecule has 0 spiro atoms. The molecule has 0 unspecified atom stereocenters. The Bertz CT molecular complexity index is 620. The topological polar surface area (TPSA) is 57.8 Å². The van der Waals surface area contributed by atoms with Crippen molar-refractivity contribution in [2.75, 3.05) is 0 Å². The molecule has 0 saturated carbocycles. The lowest BCUT2D eigenvalue weighted by atomic mass is 10.1. The summed E-state index contributed by atoms with van der Waals surface area (Å²) in [6, 6.07) is 4.77. The van der Waals surface area contributed by atoms with Crippen LogP contribution < -0.4 is 5.32 Å². The molecular formula is C14H15BrFN3O. The van der Waals surface area contributed by atoms with Crippen LogP contribution in [0.5, 0.6) is 0 Å². The van der Waals surface area contributed by atoms with E-state index in [1.54, 1.807) is 12.1 Å². The number of aryl methyl sites for hydroxylation is 2. The molecule has 2 aromatic rings. The summed E-state index contributed by atoms with van der Waals surface area (Å²) in [5.74, 6) is -0.490. The van der Waals surface area contributed by atoms with Crippen LogP contribution >= 0.6 is 15.9 Å². The summed E-state index contributed by atoms with van der Waals surface area (Å²) in [5, 5.41) is 9.59. The third-order valence-corrected chi connectivity index (χ3v) is 3.60. The average Bonchev–Trinajstić information content (AvgIpc) is 2.69. The van der Waals surface area contributed by atoms with Crippen molar-refractivity contribution < 1.29 is 9.18 Å².